The van der Waals surface area contributed by atoms with Crippen LogP contribution in [0.4, 0.5) is 0 Å². The maximum absolute atomic E-state index is 9.27. The van der Waals surface area contributed by atoms with Gasteiger partial charge in [-0.05, 0) is 55.6 Å². The van der Waals surface area contributed by atoms with Crippen molar-refractivity contribution in [1.82, 2.24) is 0 Å². The summed E-state index contributed by atoms with van der Waals surface area (Å²) in [7, 11) is -0.350. The summed E-state index contributed by atoms with van der Waals surface area (Å²) >= 11 is 0. The lowest BCUT2D eigenvalue weighted by molar-refractivity contribution is 0.00578. The first-order chi connectivity index (χ1) is 9.82. The van der Waals surface area contributed by atoms with Crippen molar-refractivity contribution in [2.24, 2.45) is 0 Å². The lowest BCUT2D eigenvalue weighted by atomic mass is 9.78. The Kier molecular flexibility index (Phi) is 3.36. The van der Waals surface area contributed by atoms with Gasteiger partial charge in [0.1, 0.15) is 0 Å². The molecule has 0 bridgehead atoms. The Morgan fingerprint density at radius 1 is 0.905 bits per heavy atom. The molecule has 0 aromatic heterocycles. The predicted molar refractivity (Wildman–Crippen MR) is 85.6 cm³/mol. The van der Waals surface area contributed by atoms with E-state index in [2.05, 4.69) is 39.8 Å². The van der Waals surface area contributed by atoms with E-state index in [1.54, 1.807) is 0 Å². The molecule has 1 N–H and O–H groups in total. The second-order valence-electron chi connectivity index (χ2n) is 6.69. The molecule has 110 valence electrons. The van der Waals surface area contributed by atoms with Gasteiger partial charge >= 0.3 is 7.12 Å². The predicted octanol–water partition coefficient (Wildman–Crippen LogP) is 2.63. The minimum absolute atomic E-state index is 0.0522. The van der Waals surface area contributed by atoms with Crippen molar-refractivity contribution in [3.8, 4) is 0 Å². The third-order valence-corrected chi connectivity index (χ3v) is 4.64. The summed E-state index contributed by atoms with van der Waals surface area (Å²) in [6.45, 7) is 8.27. The second-order valence-corrected chi connectivity index (χ2v) is 6.69. The van der Waals surface area contributed by atoms with E-state index in [1.807, 2.05) is 24.3 Å². The van der Waals surface area contributed by atoms with Crippen molar-refractivity contribution in [2.45, 2.75) is 45.5 Å². The molecule has 1 fully saturated rings. The molecule has 0 atom stereocenters. The molecule has 1 heterocycles. The topological polar surface area (TPSA) is 38.7 Å². The van der Waals surface area contributed by atoms with Crippen LogP contribution in [0.3, 0.4) is 0 Å². The Morgan fingerprint density at radius 2 is 1.52 bits per heavy atom. The smallest absolute Gasteiger partial charge is 0.399 e. The third kappa shape index (κ3) is 2.48. The highest BCUT2D eigenvalue weighted by Gasteiger charge is 2.51. The fraction of sp³-hybridized carbons (Fsp3) is 0.412. The SMILES string of the molecule is CC1(C)OB(c2ccc3ccc(CO)cc3c2)OC1(C)C. The summed E-state index contributed by atoms with van der Waals surface area (Å²) in [4.78, 5) is 0. The number of benzene rings is 2. The zero-order valence-corrected chi connectivity index (χ0v) is 13.0. The number of fused-ring (bicyclic) bond motifs is 1. The van der Waals surface area contributed by atoms with Crippen LogP contribution in [0.5, 0.6) is 0 Å². The Labute approximate surface area is 126 Å². The van der Waals surface area contributed by atoms with E-state index in [0.29, 0.717) is 0 Å². The molecule has 0 radical (unpaired) electrons. The molecule has 0 amide bonds. The molecule has 2 aromatic carbocycles. The number of aliphatic hydroxyl groups is 1. The molecule has 1 saturated heterocycles. The normalized spacial score (nSPS) is 20.1. The van der Waals surface area contributed by atoms with Gasteiger partial charge in [-0.25, -0.2) is 0 Å². The lowest BCUT2D eigenvalue weighted by Crippen LogP contribution is -2.41. The largest absolute Gasteiger partial charge is 0.494 e. The molecule has 1 aliphatic heterocycles. The van der Waals surface area contributed by atoms with Crippen molar-refractivity contribution >= 4 is 23.4 Å². The van der Waals surface area contributed by atoms with E-state index in [9.17, 15) is 5.11 Å². The molecule has 3 rings (SSSR count). The van der Waals surface area contributed by atoms with Gasteiger partial charge in [-0.3, -0.25) is 0 Å². The number of rotatable bonds is 2. The fourth-order valence-electron chi connectivity index (χ4n) is 2.54. The van der Waals surface area contributed by atoms with Gasteiger partial charge in [0.15, 0.2) is 0 Å². The van der Waals surface area contributed by atoms with E-state index in [0.717, 1.165) is 21.8 Å². The molecule has 0 unspecified atom stereocenters. The minimum atomic E-state index is -0.350. The molecular weight excluding hydrogens is 263 g/mol. The summed E-state index contributed by atoms with van der Waals surface area (Å²) in [5.74, 6) is 0. The van der Waals surface area contributed by atoms with Crippen LogP contribution in [-0.2, 0) is 15.9 Å². The van der Waals surface area contributed by atoms with Gasteiger partial charge in [0.05, 0.1) is 17.8 Å². The van der Waals surface area contributed by atoms with Crippen molar-refractivity contribution in [1.29, 1.82) is 0 Å². The van der Waals surface area contributed by atoms with E-state index >= 15 is 0 Å². The van der Waals surface area contributed by atoms with Crippen molar-refractivity contribution < 1.29 is 14.4 Å². The fourth-order valence-corrected chi connectivity index (χ4v) is 2.54. The molecular formula is C17H21BO3. The van der Waals surface area contributed by atoms with Crippen LogP contribution < -0.4 is 5.46 Å². The highest BCUT2D eigenvalue weighted by atomic mass is 16.7. The lowest BCUT2D eigenvalue weighted by Gasteiger charge is -2.32. The van der Waals surface area contributed by atoms with Crippen molar-refractivity contribution in [3.63, 3.8) is 0 Å². The number of hydrogen-bond acceptors (Lipinski definition) is 3. The third-order valence-electron chi connectivity index (χ3n) is 4.64. The zero-order valence-electron chi connectivity index (χ0n) is 13.0. The first-order valence-electron chi connectivity index (χ1n) is 7.31. The Hall–Kier alpha value is -1.36. The Balaban J connectivity index is 1.98. The van der Waals surface area contributed by atoms with Gasteiger partial charge in [-0.2, -0.15) is 0 Å². The first-order valence-corrected chi connectivity index (χ1v) is 7.31. The van der Waals surface area contributed by atoms with Gasteiger partial charge in [-0.15, -0.1) is 0 Å². The second kappa shape index (κ2) is 4.84. The van der Waals surface area contributed by atoms with E-state index in [-0.39, 0.29) is 24.9 Å². The van der Waals surface area contributed by atoms with E-state index in [4.69, 9.17) is 9.31 Å². The van der Waals surface area contributed by atoms with Crippen LogP contribution in [0.2, 0.25) is 0 Å². The monoisotopic (exact) mass is 284 g/mol. The molecule has 2 aromatic rings. The molecule has 0 spiro atoms. The average molecular weight is 284 g/mol. The van der Waals surface area contributed by atoms with Crippen LogP contribution in [0.1, 0.15) is 33.3 Å². The Morgan fingerprint density at radius 3 is 2.14 bits per heavy atom. The average Bonchev–Trinajstić information content (AvgIpc) is 2.66. The van der Waals surface area contributed by atoms with Crippen LogP contribution in [0, 0.1) is 0 Å². The molecule has 0 saturated carbocycles. The van der Waals surface area contributed by atoms with E-state index < -0.39 is 0 Å². The summed E-state index contributed by atoms with van der Waals surface area (Å²) in [6.07, 6.45) is 0. The molecule has 4 heteroatoms. The van der Waals surface area contributed by atoms with Gasteiger partial charge in [0.25, 0.3) is 0 Å². The van der Waals surface area contributed by atoms with Gasteiger partial charge in [0, 0.05) is 0 Å². The van der Waals surface area contributed by atoms with Gasteiger partial charge in [0.2, 0.25) is 0 Å². The van der Waals surface area contributed by atoms with Gasteiger partial charge < -0.3 is 14.4 Å². The van der Waals surface area contributed by atoms with Gasteiger partial charge in [-0.1, -0.05) is 30.3 Å². The standard InChI is InChI=1S/C17H21BO3/c1-16(2)17(3,4)21-18(20-16)15-8-7-13-6-5-12(11-19)9-14(13)10-15/h5-10,19H,11H2,1-4H3. The first kappa shape index (κ1) is 14.6. The number of hydrogen-bond donors (Lipinski definition) is 1. The maximum atomic E-state index is 9.27. The zero-order chi connectivity index (χ0) is 15.3. The minimum Gasteiger partial charge on any atom is -0.399 e. The van der Waals surface area contributed by atoms with Crippen LogP contribution in [-0.4, -0.2) is 23.4 Å². The van der Waals surface area contributed by atoms with Crippen molar-refractivity contribution in [2.75, 3.05) is 0 Å². The van der Waals surface area contributed by atoms with Crippen LogP contribution >= 0.6 is 0 Å². The van der Waals surface area contributed by atoms with E-state index in [1.165, 1.54) is 0 Å². The highest BCUT2D eigenvalue weighted by Crippen LogP contribution is 2.36. The highest BCUT2D eigenvalue weighted by molar-refractivity contribution is 6.62. The molecule has 0 aliphatic carbocycles. The molecule has 1 aliphatic rings. The van der Waals surface area contributed by atoms with Crippen LogP contribution in [0.15, 0.2) is 36.4 Å². The quantitative estimate of drug-likeness (QED) is 0.862. The summed E-state index contributed by atoms with van der Waals surface area (Å²) in [5, 5.41) is 11.5. The summed E-state index contributed by atoms with van der Waals surface area (Å²) in [5.41, 5.74) is 1.25. The molecule has 21 heavy (non-hydrogen) atoms. The maximum Gasteiger partial charge on any atom is 0.494 e. The van der Waals surface area contributed by atoms with Crippen molar-refractivity contribution in [3.05, 3.63) is 42.0 Å². The Bertz CT molecular complexity index is 663. The number of aliphatic hydroxyl groups excluding tert-OH is 1. The summed E-state index contributed by atoms with van der Waals surface area (Å²) < 4.78 is 12.2. The van der Waals surface area contributed by atoms with Crippen LogP contribution in [0.25, 0.3) is 10.8 Å². The summed E-state index contributed by atoms with van der Waals surface area (Å²) in [6, 6.07) is 12.2. The molecule has 3 nitrogen and oxygen atoms in total.